The molecule has 2 heterocycles. The quantitative estimate of drug-likeness (QED) is 0.266. The van der Waals surface area contributed by atoms with E-state index in [1.165, 1.54) is 0 Å². The zero-order valence-electron chi connectivity index (χ0n) is 11.9. The first-order valence-electron chi connectivity index (χ1n) is 7.12. The van der Waals surface area contributed by atoms with Crippen molar-refractivity contribution < 1.29 is 39.7 Å². The zero-order chi connectivity index (χ0) is 16.4. The van der Waals surface area contributed by atoms with Crippen LogP contribution >= 0.6 is 0 Å². The van der Waals surface area contributed by atoms with Crippen molar-refractivity contribution in [2.75, 3.05) is 13.2 Å². The predicted molar refractivity (Wildman–Crippen MR) is 71.2 cm³/mol. The minimum atomic E-state index is -1.34. The summed E-state index contributed by atoms with van der Waals surface area (Å²) >= 11 is 0. The maximum atomic E-state index is 9.87. The maximum absolute atomic E-state index is 9.87. The molecule has 2 rings (SSSR count). The summed E-state index contributed by atoms with van der Waals surface area (Å²) in [6.45, 7) is -0.932. The van der Waals surface area contributed by atoms with Gasteiger partial charge in [0, 0.05) is 0 Å². The Labute approximate surface area is 127 Å². The normalized spacial score (nSPS) is 50.0. The average molecular weight is 324 g/mol. The molecule has 2 aliphatic heterocycles. The van der Waals surface area contributed by atoms with E-state index in [1.807, 2.05) is 0 Å². The summed E-state index contributed by atoms with van der Waals surface area (Å²) in [6, 6.07) is -1.77. The highest BCUT2D eigenvalue weighted by Gasteiger charge is 2.46. The molecule has 0 bridgehead atoms. The Morgan fingerprint density at radius 2 is 1.59 bits per heavy atom. The van der Waals surface area contributed by atoms with E-state index < -0.39 is 68.4 Å². The van der Waals surface area contributed by atoms with Crippen LogP contribution in [0.1, 0.15) is 6.42 Å². The highest BCUT2D eigenvalue weighted by atomic mass is 16.7. The van der Waals surface area contributed by atoms with E-state index in [2.05, 4.69) is 0 Å². The monoisotopic (exact) mass is 324 g/mol. The van der Waals surface area contributed by atoms with Crippen molar-refractivity contribution in [2.24, 2.45) is 11.5 Å². The summed E-state index contributed by atoms with van der Waals surface area (Å²) in [6.07, 6.45) is -7.43. The molecule has 0 aliphatic carbocycles. The van der Waals surface area contributed by atoms with Gasteiger partial charge in [-0.3, -0.25) is 0 Å². The van der Waals surface area contributed by atoms with Gasteiger partial charge in [-0.25, -0.2) is 0 Å². The fraction of sp³-hybridized carbons (Fsp3) is 1.00. The van der Waals surface area contributed by atoms with Crippen molar-refractivity contribution in [1.29, 1.82) is 0 Å². The van der Waals surface area contributed by atoms with E-state index in [9.17, 15) is 20.4 Å². The first-order chi connectivity index (χ1) is 10.4. The van der Waals surface area contributed by atoms with Gasteiger partial charge in [0.1, 0.15) is 24.4 Å². The van der Waals surface area contributed by atoms with Crippen LogP contribution in [-0.2, 0) is 14.2 Å². The predicted octanol–water partition coefficient (Wildman–Crippen LogP) is -4.44. The number of hydrogen-bond donors (Lipinski definition) is 7. The number of rotatable bonds is 4. The third-order valence-electron chi connectivity index (χ3n) is 4.02. The van der Waals surface area contributed by atoms with Gasteiger partial charge < -0.3 is 51.2 Å². The van der Waals surface area contributed by atoms with Gasteiger partial charge in [0.2, 0.25) is 0 Å². The van der Waals surface area contributed by atoms with E-state index in [1.54, 1.807) is 0 Å². The molecule has 10 heteroatoms. The molecule has 10 nitrogen and oxygen atoms in total. The van der Waals surface area contributed by atoms with Gasteiger partial charge in [0.05, 0.1) is 31.4 Å². The van der Waals surface area contributed by atoms with Gasteiger partial charge in [0.25, 0.3) is 0 Å². The van der Waals surface area contributed by atoms with Gasteiger partial charge in [-0.2, -0.15) is 0 Å². The van der Waals surface area contributed by atoms with Crippen LogP contribution in [-0.4, -0.2) is 93.9 Å². The molecule has 2 fully saturated rings. The fourth-order valence-corrected chi connectivity index (χ4v) is 2.61. The molecule has 130 valence electrons. The lowest BCUT2D eigenvalue weighted by molar-refractivity contribution is -0.307. The molecule has 0 spiro atoms. The van der Waals surface area contributed by atoms with Gasteiger partial charge in [0.15, 0.2) is 12.6 Å². The standard InChI is InChI=1S/C12H24N2O8/c13-4-1-5(6(2-15)20-11(4)19)21-12-8(14)10(18)9(17)7(3-16)22-12/h4-12,15-19H,1-3,13-14H2/t4-,5+,6-,7-,8-,9-,10-,11-,12-/m1/s1. The molecule has 2 aliphatic rings. The van der Waals surface area contributed by atoms with E-state index in [-0.39, 0.29) is 6.42 Å². The smallest absolute Gasteiger partial charge is 0.176 e. The second kappa shape index (κ2) is 7.45. The number of nitrogens with two attached hydrogens (primary N) is 2. The van der Waals surface area contributed by atoms with Crippen molar-refractivity contribution in [1.82, 2.24) is 0 Å². The van der Waals surface area contributed by atoms with E-state index in [0.29, 0.717) is 0 Å². The Balaban J connectivity index is 2.04. The summed E-state index contributed by atoms with van der Waals surface area (Å²) in [5.41, 5.74) is 11.5. The Kier molecular flexibility index (Phi) is 6.07. The molecular weight excluding hydrogens is 300 g/mol. The van der Waals surface area contributed by atoms with Gasteiger partial charge in [-0.05, 0) is 6.42 Å². The second-order valence-electron chi connectivity index (χ2n) is 5.61. The molecule has 0 unspecified atom stereocenters. The summed E-state index contributed by atoms with van der Waals surface area (Å²) in [5.74, 6) is 0. The SMILES string of the molecule is N[C@H]1[C@H](O[C@H]2C[C@@H](N)[C@H](O)O[C@@H]2CO)O[C@H](CO)[C@@H](O)[C@@H]1O. The van der Waals surface area contributed by atoms with Crippen molar-refractivity contribution >= 4 is 0 Å². The van der Waals surface area contributed by atoms with Crippen LogP contribution in [0.2, 0.25) is 0 Å². The molecule has 2 saturated heterocycles. The molecule has 0 aromatic carbocycles. The van der Waals surface area contributed by atoms with Crippen LogP contribution in [0.25, 0.3) is 0 Å². The molecule has 9 atom stereocenters. The average Bonchev–Trinajstić information content (AvgIpc) is 2.51. The molecule has 22 heavy (non-hydrogen) atoms. The van der Waals surface area contributed by atoms with Crippen molar-refractivity contribution in [3.8, 4) is 0 Å². The first-order valence-corrected chi connectivity index (χ1v) is 7.12. The van der Waals surface area contributed by atoms with Crippen molar-refractivity contribution in [3.05, 3.63) is 0 Å². The zero-order valence-corrected chi connectivity index (χ0v) is 11.9. The van der Waals surface area contributed by atoms with Crippen LogP contribution < -0.4 is 11.5 Å². The minimum Gasteiger partial charge on any atom is -0.394 e. The highest BCUT2D eigenvalue weighted by Crippen LogP contribution is 2.26. The highest BCUT2D eigenvalue weighted by molar-refractivity contribution is 4.93. The van der Waals surface area contributed by atoms with Gasteiger partial charge >= 0.3 is 0 Å². The van der Waals surface area contributed by atoms with Crippen LogP contribution in [0.5, 0.6) is 0 Å². The Bertz CT molecular complexity index is 360. The number of hydrogen-bond acceptors (Lipinski definition) is 10. The maximum Gasteiger partial charge on any atom is 0.176 e. The fourth-order valence-electron chi connectivity index (χ4n) is 2.61. The van der Waals surface area contributed by atoms with Crippen molar-refractivity contribution in [2.45, 2.75) is 61.6 Å². The lowest BCUT2D eigenvalue weighted by atomic mass is 9.97. The molecule has 0 radical (unpaired) electrons. The van der Waals surface area contributed by atoms with E-state index in [4.69, 9.17) is 30.8 Å². The lowest BCUT2D eigenvalue weighted by Gasteiger charge is -2.44. The molecule has 0 aromatic heterocycles. The number of ether oxygens (including phenoxy) is 3. The summed E-state index contributed by atoms with van der Waals surface area (Å²) in [5, 5.41) is 47.6. The third kappa shape index (κ3) is 3.57. The Morgan fingerprint density at radius 1 is 0.955 bits per heavy atom. The molecular formula is C12H24N2O8. The van der Waals surface area contributed by atoms with E-state index >= 15 is 0 Å². The van der Waals surface area contributed by atoms with Crippen LogP contribution in [0.4, 0.5) is 0 Å². The van der Waals surface area contributed by atoms with Crippen molar-refractivity contribution in [3.63, 3.8) is 0 Å². The second-order valence-corrected chi connectivity index (χ2v) is 5.61. The topological polar surface area (TPSA) is 181 Å². The Hall–Kier alpha value is -0.400. The third-order valence-corrected chi connectivity index (χ3v) is 4.02. The lowest BCUT2D eigenvalue weighted by Crippen LogP contribution is -2.64. The van der Waals surface area contributed by atoms with Crippen LogP contribution in [0.3, 0.4) is 0 Å². The molecule has 0 amide bonds. The summed E-state index contributed by atoms with van der Waals surface area (Å²) in [7, 11) is 0. The number of aliphatic hydroxyl groups is 5. The summed E-state index contributed by atoms with van der Waals surface area (Å²) < 4.78 is 16.1. The molecule has 0 aromatic rings. The molecule has 9 N–H and O–H groups in total. The van der Waals surface area contributed by atoms with Gasteiger partial charge in [-0.15, -0.1) is 0 Å². The minimum absolute atomic E-state index is 0.182. The van der Waals surface area contributed by atoms with Gasteiger partial charge in [-0.1, -0.05) is 0 Å². The molecule has 0 saturated carbocycles. The first kappa shape index (κ1) is 17.9. The van der Waals surface area contributed by atoms with E-state index in [0.717, 1.165) is 0 Å². The number of aliphatic hydroxyl groups excluding tert-OH is 5. The van der Waals surface area contributed by atoms with Crippen LogP contribution in [0, 0.1) is 0 Å². The summed E-state index contributed by atoms with van der Waals surface area (Å²) in [4.78, 5) is 0. The Morgan fingerprint density at radius 3 is 2.18 bits per heavy atom. The van der Waals surface area contributed by atoms with Crippen LogP contribution in [0.15, 0.2) is 0 Å². The largest absolute Gasteiger partial charge is 0.394 e.